The van der Waals surface area contributed by atoms with Gasteiger partial charge in [0.15, 0.2) is 16.1 Å². The number of aryl methyl sites for hydroxylation is 2. The molecule has 0 spiro atoms. The molecule has 0 atom stereocenters. The van der Waals surface area contributed by atoms with Crippen LogP contribution in [0, 0.1) is 13.8 Å². The van der Waals surface area contributed by atoms with Crippen molar-refractivity contribution >= 4 is 40.0 Å². The average Bonchev–Trinajstić information content (AvgIpc) is 3.34. The summed E-state index contributed by atoms with van der Waals surface area (Å²) in [5, 5.41) is 12.2. The number of nitrogens with one attached hydrogen (secondary N) is 1. The lowest BCUT2D eigenvalue weighted by molar-refractivity contribution is -0.113. The summed E-state index contributed by atoms with van der Waals surface area (Å²) < 4.78 is 7.76. The van der Waals surface area contributed by atoms with Crippen LogP contribution in [0.3, 0.4) is 0 Å². The SMILES string of the molecule is C=CCn1c(COc2ccccc2C)nnc1SCC(=O)Nc1nc(C)c(C(=O)N(C)C)s1. The fourth-order valence-electron chi connectivity index (χ4n) is 2.84. The molecule has 2 amide bonds. The van der Waals surface area contributed by atoms with E-state index in [0.717, 1.165) is 22.6 Å². The van der Waals surface area contributed by atoms with Crippen molar-refractivity contribution in [2.24, 2.45) is 0 Å². The standard InChI is InChI=1S/C22H26N6O3S2/c1-6-11-28-17(12-31-16-10-8-7-9-14(16)2)25-26-22(28)32-13-18(29)24-21-23-15(3)19(33-21)20(30)27(4)5/h6-10H,1,11-13H2,2-5H3,(H,23,24,29). The van der Waals surface area contributed by atoms with Crippen LogP contribution in [-0.4, -0.2) is 56.3 Å². The molecule has 0 unspecified atom stereocenters. The molecule has 0 aliphatic heterocycles. The van der Waals surface area contributed by atoms with Gasteiger partial charge in [-0.2, -0.15) is 0 Å². The number of thiazole rings is 1. The quantitative estimate of drug-likeness (QED) is 0.345. The highest BCUT2D eigenvalue weighted by atomic mass is 32.2. The molecule has 0 radical (unpaired) electrons. The number of carbonyl (C=O) groups excluding carboxylic acids is 2. The largest absolute Gasteiger partial charge is 0.485 e. The summed E-state index contributed by atoms with van der Waals surface area (Å²) >= 11 is 2.42. The summed E-state index contributed by atoms with van der Waals surface area (Å²) in [7, 11) is 3.35. The highest BCUT2D eigenvalue weighted by molar-refractivity contribution is 7.99. The Morgan fingerprint density at radius 1 is 1.27 bits per heavy atom. The van der Waals surface area contributed by atoms with Gasteiger partial charge in [-0.1, -0.05) is 47.4 Å². The molecule has 1 aromatic carbocycles. The minimum atomic E-state index is -0.247. The summed E-state index contributed by atoms with van der Waals surface area (Å²) in [6.07, 6.45) is 1.74. The molecule has 3 rings (SSSR count). The predicted octanol–water partition coefficient (Wildman–Crippen LogP) is 3.55. The number of carbonyl (C=O) groups is 2. The number of amides is 2. The first-order valence-corrected chi connectivity index (χ1v) is 11.9. The van der Waals surface area contributed by atoms with E-state index >= 15 is 0 Å². The first kappa shape index (κ1) is 24.5. The highest BCUT2D eigenvalue weighted by Gasteiger charge is 2.19. The number of aromatic nitrogens is 4. The fraction of sp³-hybridized carbons (Fsp3) is 0.318. The van der Waals surface area contributed by atoms with Crippen molar-refractivity contribution in [1.29, 1.82) is 0 Å². The molecule has 11 heteroatoms. The lowest BCUT2D eigenvalue weighted by Crippen LogP contribution is -2.21. The van der Waals surface area contributed by atoms with Gasteiger partial charge in [0, 0.05) is 20.6 Å². The van der Waals surface area contributed by atoms with Gasteiger partial charge in [-0.05, 0) is 25.5 Å². The van der Waals surface area contributed by atoms with Crippen LogP contribution in [0.2, 0.25) is 0 Å². The van der Waals surface area contributed by atoms with Crippen molar-refractivity contribution in [2.75, 3.05) is 25.2 Å². The molecule has 0 aliphatic rings. The van der Waals surface area contributed by atoms with Gasteiger partial charge in [-0.25, -0.2) is 4.98 Å². The number of nitrogens with zero attached hydrogens (tertiary/aromatic N) is 5. The molecule has 0 saturated carbocycles. The zero-order chi connectivity index (χ0) is 24.0. The summed E-state index contributed by atoms with van der Waals surface area (Å²) in [5.74, 6) is 1.15. The molecule has 1 N–H and O–H groups in total. The third-order valence-corrected chi connectivity index (χ3v) is 6.56. The normalized spacial score (nSPS) is 10.7. The molecular formula is C22H26N6O3S2. The Morgan fingerprint density at radius 2 is 2.03 bits per heavy atom. The van der Waals surface area contributed by atoms with Gasteiger partial charge < -0.3 is 15.0 Å². The number of thioether (sulfide) groups is 1. The number of allylic oxidation sites excluding steroid dienone is 1. The number of rotatable bonds is 10. The Balaban J connectivity index is 1.62. The van der Waals surface area contributed by atoms with Crippen molar-refractivity contribution < 1.29 is 14.3 Å². The van der Waals surface area contributed by atoms with Gasteiger partial charge in [-0.3, -0.25) is 14.2 Å². The number of hydrogen-bond acceptors (Lipinski definition) is 8. The van der Waals surface area contributed by atoms with E-state index in [1.165, 1.54) is 16.7 Å². The zero-order valence-electron chi connectivity index (χ0n) is 19.0. The van der Waals surface area contributed by atoms with Crippen LogP contribution in [0.15, 0.2) is 42.1 Å². The number of ether oxygens (including phenoxy) is 1. The van der Waals surface area contributed by atoms with E-state index < -0.39 is 0 Å². The minimum Gasteiger partial charge on any atom is -0.485 e. The highest BCUT2D eigenvalue weighted by Crippen LogP contribution is 2.25. The first-order valence-electron chi connectivity index (χ1n) is 10.1. The van der Waals surface area contributed by atoms with Gasteiger partial charge in [0.2, 0.25) is 5.91 Å². The molecule has 0 saturated heterocycles. The number of benzene rings is 1. The average molecular weight is 487 g/mol. The molecule has 3 aromatic rings. The van der Waals surface area contributed by atoms with Crippen LogP contribution >= 0.6 is 23.1 Å². The van der Waals surface area contributed by atoms with E-state index in [0.29, 0.717) is 33.2 Å². The molecule has 2 heterocycles. The Kier molecular flexibility index (Phi) is 8.23. The van der Waals surface area contributed by atoms with Crippen LogP contribution in [0.4, 0.5) is 5.13 Å². The number of anilines is 1. The molecule has 0 bridgehead atoms. The van der Waals surface area contributed by atoms with Gasteiger partial charge >= 0.3 is 0 Å². The topological polar surface area (TPSA) is 102 Å². The number of hydrogen-bond donors (Lipinski definition) is 1. The Labute approximate surface area is 200 Å². The van der Waals surface area contributed by atoms with Crippen LogP contribution in [-0.2, 0) is 17.9 Å². The smallest absolute Gasteiger partial charge is 0.265 e. The predicted molar refractivity (Wildman–Crippen MR) is 130 cm³/mol. The summed E-state index contributed by atoms with van der Waals surface area (Å²) in [5.41, 5.74) is 1.62. The van der Waals surface area contributed by atoms with E-state index in [1.807, 2.05) is 35.8 Å². The lowest BCUT2D eigenvalue weighted by Gasteiger charge is -2.10. The fourth-order valence-corrected chi connectivity index (χ4v) is 4.61. The second kappa shape index (κ2) is 11.1. The van der Waals surface area contributed by atoms with E-state index in [9.17, 15) is 9.59 Å². The second-order valence-electron chi connectivity index (χ2n) is 7.32. The molecule has 0 aliphatic carbocycles. The third-order valence-electron chi connectivity index (χ3n) is 4.53. The maximum Gasteiger partial charge on any atom is 0.265 e. The lowest BCUT2D eigenvalue weighted by atomic mass is 10.2. The van der Waals surface area contributed by atoms with Crippen molar-refractivity contribution in [3.05, 3.63) is 58.9 Å². The van der Waals surface area contributed by atoms with Crippen LogP contribution < -0.4 is 10.1 Å². The van der Waals surface area contributed by atoms with Gasteiger partial charge in [0.05, 0.1) is 11.4 Å². The van der Waals surface area contributed by atoms with Crippen LogP contribution in [0.25, 0.3) is 0 Å². The Hall–Kier alpha value is -3.18. The van der Waals surface area contributed by atoms with Crippen LogP contribution in [0.1, 0.15) is 26.8 Å². The maximum atomic E-state index is 12.5. The second-order valence-corrected chi connectivity index (χ2v) is 9.26. The molecule has 33 heavy (non-hydrogen) atoms. The molecule has 9 nitrogen and oxygen atoms in total. The van der Waals surface area contributed by atoms with E-state index in [2.05, 4.69) is 27.1 Å². The maximum absolute atomic E-state index is 12.5. The number of para-hydroxylation sites is 1. The molecule has 174 valence electrons. The summed E-state index contributed by atoms with van der Waals surface area (Å²) in [6.45, 7) is 8.26. The molecule has 2 aromatic heterocycles. The van der Waals surface area contributed by atoms with E-state index in [4.69, 9.17) is 4.74 Å². The van der Waals surface area contributed by atoms with Crippen LogP contribution in [0.5, 0.6) is 5.75 Å². The van der Waals surface area contributed by atoms with E-state index in [-0.39, 0.29) is 24.2 Å². The minimum absolute atomic E-state index is 0.115. The zero-order valence-corrected chi connectivity index (χ0v) is 20.6. The van der Waals surface area contributed by atoms with Crippen molar-refractivity contribution in [1.82, 2.24) is 24.6 Å². The first-order chi connectivity index (χ1) is 15.8. The van der Waals surface area contributed by atoms with Gasteiger partial charge in [-0.15, -0.1) is 16.8 Å². The Bertz CT molecular complexity index is 1150. The van der Waals surface area contributed by atoms with Crippen molar-refractivity contribution in [2.45, 2.75) is 32.2 Å². The third kappa shape index (κ3) is 6.20. The van der Waals surface area contributed by atoms with Crippen molar-refractivity contribution in [3.8, 4) is 5.75 Å². The van der Waals surface area contributed by atoms with E-state index in [1.54, 1.807) is 27.1 Å². The molecule has 0 fully saturated rings. The monoisotopic (exact) mass is 486 g/mol. The molecular weight excluding hydrogens is 460 g/mol. The van der Waals surface area contributed by atoms with Gasteiger partial charge in [0.25, 0.3) is 5.91 Å². The van der Waals surface area contributed by atoms with Crippen molar-refractivity contribution in [3.63, 3.8) is 0 Å². The summed E-state index contributed by atoms with van der Waals surface area (Å²) in [4.78, 5) is 30.9. The Morgan fingerprint density at radius 3 is 2.73 bits per heavy atom. The van der Waals surface area contributed by atoms with Gasteiger partial charge in [0.1, 0.15) is 17.2 Å². The summed E-state index contributed by atoms with van der Waals surface area (Å²) in [6, 6.07) is 7.75.